The second-order valence-corrected chi connectivity index (χ2v) is 6.49. The molecule has 1 aliphatic heterocycles. The fourth-order valence-corrected chi connectivity index (χ4v) is 2.83. The van der Waals surface area contributed by atoms with Gasteiger partial charge in [-0.25, -0.2) is 0 Å². The van der Waals surface area contributed by atoms with Crippen molar-refractivity contribution in [2.45, 2.75) is 19.1 Å². The molecule has 1 saturated heterocycles. The molecule has 1 heterocycles. The largest absolute Gasteiger partial charge is 0.488 e. The van der Waals surface area contributed by atoms with Gasteiger partial charge in [-0.05, 0) is 42.8 Å². The molecule has 0 spiro atoms. The molecule has 1 fully saturated rings. The number of hydrogen-bond donors (Lipinski definition) is 2. The highest BCUT2D eigenvalue weighted by molar-refractivity contribution is 9.10. The Bertz CT molecular complexity index is 673. The van der Waals surface area contributed by atoms with Crippen LogP contribution in [-0.4, -0.2) is 25.0 Å². The van der Waals surface area contributed by atoms with Gasteiger partial charge in [0.2, 0.25) is 0 Å². The van der Waals surface area contributed by atoms with Gasteiger partial charge in [-0.15, -0.1) is 12.4 Å². The number of nitrogens with one attached hydrogen (secondary N) is 2. The van der Waals surface area contributed by atoms with Crippen LogP contribution in [-0.2, 0) is 6.61 Å². The molecule has 24 heavy (non-hydrogen) atoms. The lowest BCUT2D eigenvalue weighted by Crippen LogP contribution is -2.36. The van der Waals surface area contributed by atoms with Crippen molar-refractivity contribution in [1.29, 1.82) is 0 Å². The van der Waals surface area contributed by atoms with Crippen molar-refractivity contribution >= 4 is 34.2 Å². The fourth-order valence-electron chi connectivity index (χ4n) is 2.56. The summed E-state index contributed by atoms with van der Waals surface area (Å²) in [5.74, 6) is 0.531. The number of carbonyl (C=O) groups is 1. The van der Waals surface area contributed by atoms with Gasteiger partial charge in [0.15, 0.2) is 0 Å². The summed E-state index contributed by atoms with van der Waals surface area (Å²) >= 11 is 3.41. The van der Waals surface area contributed by atoms with Crippen molar-refractivity contribution in [3.05, 3.63) is 64.1 Å². The number of hydrogen-bond acceptors (Lipinski definition) is 3. The highest BCUT2D eigenvalue weighted by Crippen LogP contribution is 2.20. The Labute approximate surface area is 156 Å². The highest BCUT2D eigenvalue weighted by atomic mass is 79.9. The van der Waals surface area contributed by atoms with E-state index >= 15 is 0 Å². The van der Waals surface area contributed by atoms with Gasteiger partial charge in [-0.1, -0.05) is 40.2 Å². The first-order valence-corrected chi connectivity index (χ1v) is 8.49. The van der Waals surface area contributed by atoms with Gasteiger partial charge < -0.3 is 15.4 Å². The highest BCUT2D eigenvalue weighted by Gasteiger charge is 2.19. The average molecular weight is 412 g/mol. The molecule has 0 aliphatic carbocycles. The van der Waals surface area contributed by atoms with E-state index in [4.69, 9.17) is 4.74 Å². The zero-order chi connectivity index (χ0) is 16.1. The van der Waals surface area contributed by atoms with Crippen LogP contribution in [0.5, 0.6) is 5.75 Å². The number of ether oxygens (including phenoxy) is 1. The van der Waals surface area contributed by atoms with Gasteiger partial charge >= 0.3 is 0 Å². The second-order valence-electron chi connectivity index (χ2n) is 5.57. The zero-order valence-corrected chi connectivity index (χ0v) is 15.5. The standard InChI is InChI=1S/C18H19BrN2O2.ClH/c19-14-7-5-13(6-8-14)12-23-17-4-2-1-3-16(17)18(22)21-15-9-10-20-11-15;/h1-8,15,20H,9-12H2,(H,21,22);1H. The quantitative estimate of drug-likeness (QED) is 0.791. The Balaban J connectivity index is 0.00000208. The molecular weight excluding hydrogens is 392 g/mol. The van der Waals surface area contributed by atoms with E-state index in [-0.39, 0.29) is 24.4 Å². The molecule has 2 aromatic rings. The fraction of sp³-hybridized carbons (Fsp3) is 0.278. The summed E-state index contributed by atoms with van der Waals surface area (Å²) in [6.07, 6.45) is 0.966. The van der Waals surface area contributed by atoms with E-state index in [9.17, 15) is 4.79 Å². The first-order chi connectivity index (χ1) is 11.2. The minimum absolute atomic E-state index is 0. The van der Waals surface area contributed by atoms with Gasteiger partial charge in [0, 0.05) is 17.1 Å². The minimum Gasteiger partial charge on any atom is -0.488 e. The normalized spacial score (nSPS) is 16.3. The van der Waals surface area contributed by atoms with Crippen molar-refractivity contribution in [1.82, 2.24) is 10.6 Å². The third-order valence-electron chi connectivity index (χ3n) is 3.83. The molecule has 6 heteroatoms. The van der Waals surface area contributed by atoms with Gasteiger partial charge in [-0.3, -0.25) is 4.79 Å². The van der Waals surface area contributed by atoms with Gasteiger partial charge in [0.25, 0.3) is 5.91 Å². The molecule has 1 atom stereocenters. The van der Waals surface area contributed by atoms with Crippen LogP contribution >= 0.6 is 28.3 Å². The van der Waals surface area contributed by atoms with E-state index in [1.165, 1.54) is 0 Å². The summed E-state index contributed by atoms with van der Waals surface area (Å²) in [6.45, 7) is 2.21. The summed E-state index contributed by atoms with van der Waals surface area (Å²) in [7, 11) is 0. The van der Waals surface area contributed by atoms with E-state index in [2.05, 4.69) is 26.6 Å². The Morgan fingerprint density at radius 2 is 1.96 bits per heavy atom. The van der Waals surface area contributed by atoms with E-state index < -0.39 is 0 Å². The van der Waals surface area contributed by atoms with Crippen molar-refractivity contribution in [3.63, 3.8) is 0 Å². The lowest BCUT2D eigenvalue weighted by atomic mass is 10.1. The van der Waals surface area contributed by atoms with Crippen LogP contribution in [0.1, 0.15) is 22.3 Å². The third-order valence-corrected chi connectivity index (χ3v) is 4.36. The van der Waals surface area contributed by atoms with Crippen LogP contribution in [0.4, 0.5) is 0 Å². The molecule has 0 bridgehead atoms. The van der Waals surface area contributed by atoms with Crippen LogP contribution in [0.2, 0.25) is 0 Å². The summed E-state index contributed by atoms with van der Waals surface area (Å²) in [5.41, 5.74) is 1.64. The minimum atomic E-state index is -0.0786. The van der Waals surface area contributed by atoms with Crippen LogP contribution in [0, 0.1) is 0 Å². The van der Waals surface area contributed by atoms with Crippen LogP contribution < -0.4 is 15.4 Å². The van der Waals surface area contributed by atoms with E-state index in [0.29, 0.717) is 17.9 Å². The van der Waals surface area contributed by atoms with E-state index in [0.717, 1.165) is 29.5 Å². The number of halogens is 2. The van der Waals surface area contributed by atoms with E-state index in [1.54, 1.807) is 6.07 Å². The molecule has 1 unspecified atom stereocenters. The van der Waals surface area contributed by atoms with Crippen LogP contribution in [0.15, 0.2) is 53.0 Å². The smallest absolute Gasteiger partial charge is 0.255 e. The molecule has 128 valence electrons. The maximum atomic E-state index is 12.5. The molecule has 0 radical (unpaired) electrons. The summed E-state index contributed by atoms with van der Waals surface area (Å²) in [4.78, 5) is 12.5. The van der Waals surface area contributed by atoms with Crippen LogP contribution in [0.25, 0.3) is 0 Å². The average Bonchev–Trinajstić information content (AvgIpc) is 3.07. The summed E-state index contributed by atoms with van der Waals surface area (Å²) < 4.78 is 6.89. The Kier molecular flexibility index (Phi) is 7.09. The third kappa shape index (κ3) is 4.97. The van der Waals surface area contributed by atoms with Crippen LogP contribution in [0.3, 0.4) is 0 Å². The van der Waals surface area contributed by atoms with Crippen molar-refractivity contribution in [3.8, 4) is 5.75 Å². The van der Waals surface area contributed by atoms with Gasteiger partial charge in [0.05, 0.1) is 5.56 Å². The number of benzene rings is 2. The maximum Gasteiger partial charge on any atom is 0.255 e. The van der Waals surface area contributed by atoms with Crippen molar-refractivity contribution in [2.24, 2.45) is 0 Å². The number of carbonyl (C=O) groups excluding carboxylic acids is 1. The maximum absolute atomic E-state index is 12.5. The lowest BCUT2D eigenvalue weighted by Gasteiger charge is -2.14. The molecule has 2 aromatic carbocycles. The predicted molar refractivity (Wildman–Crippen MR) is 101 cm³/mol. The molecule has 0 aromatic heterocycles. The molecule has 1 amide bonds. The molecule has 3 rings (SSSR count). The first kappa shape index (κ1) is 18.8. The Hall–Kier alpha value is -1.56. The summed E-state index contributed by atoms with van der Waals surface area (Å²) in [6, 6.07) is 15.5. The lowest BCUT2D eigenvalue weighted by molar-refractivity contribution is 0.0935. The number of rotatable bonds is 5. The first-order valence-electron chi connectivity index (χ1n) is 7.70. The molecular formula is C18H20BrClN2O2. The second kappa shape index (κ2) is 9.06. The molecule has 2 N–H and O–H groups in total. The number of para-hydroxylation sites is 1. The Morgan fingerprint density at radius 1 is 1.21 bits per heavy atom. The molecule has 4 nitrogen and oxygen atoms in total. The summed E-state index contributed by atoms with van der Waals surface area (Å²) in [5, 5.41) is 6.30. The Morgan fingerprint density at radius 3 is 2.67 bits per heavy atom. The topological polar surface area (TPSA) is 50.4 Å². The SMILES string of the molecule is Cl.O=C(NC1CCNC1)c1ccccc1OCc1ccc(Br)cc1. The molecule has 0 saturated carbocycles. The number of amides is 1. The zero-order valence-electron chi connectivity index (χ0n) is 13.1. The van der Waals surface area contributed by atoms with Crippen molar-refractivity contribution in [2.75, 3.05) is 13.1 Å². The van der Waals surface area contributed by atoms with Crippen molar-refractivity contribution < 1.29 is 9.53 Å². The van der Waals surface area contributed by atoms with E-state index in [1.807, 2.05) is 42.5 Å². The predicted octanol–water partition coefficient (Wildman–Crippen LogP) is 3.54. The molecule has 1 aliphatic rings. The van der Waals surface area contributed by atoms with Gasteiger partial charge in [0.1, 0.15) is 12.4 Å². The monoisotopic (exact) mass is 410 g/mol. The van der Waals surface area contributed by atoms with Gasteiger partial charge in [-0.2, -0.15) is 0 Å².